The molecule has 0 aliphatic rings. The standard InChI is InChI=1S/C14H22BrN/c1-12-4-6-14(7-5-12)16(3)11-9-13(2)8-10-15/h4-7,13H,8-11H2,1-3H3. The van der Waals surface area contributed by atoms with Crippen LogP contribution < -0.4 is 4.90 Å². The largest absolute Gasteiger partial charge is 0.375 e. The van der Waals surface area contributed by atoms with E-state index in [0.717, 1.165) is 17.8 Å². The Morgan fingerprint density at radius 1 is 1.19 bits per heavy atom. The molecule has 0 heterocycles. The molecule has 1 unspecified atom stereocenters. The van der Waals surface area contributed by atoms with Gasteiger partial charge in [-0.05, 0) is 37.8 Å². The average molecular weight is 284 g/mol. The predicted molar refractivity (Wildman–Crippen MR) is 76.6 cm³/mol. The molecule has 1 nitrogen and oxygen atoms in total. The Morgan fingerprint density at radius 3 is 2.38 bits per heavy atom. The molecule has 0 aliphatic heterocycles. The zero-order valence-electron chi connectivity index (χ0n) is 10.5. The molecule has 0 aliphatic carbocycles. The fourth-order valence-electron chi connectivity index (χ4n) is 1.67. The van der Waals surface area contributed by atoms with Crippen LogP contribution in [0.2, 0.25) is 0 Å². The van der Waals surface area contributed by atoms with E-state index in [0.29, 0.717) is 0 Å². The molecule has 0 N–H and O–H groups in total. The maximum atomic E-state index is 3.50. The van der Waals surface area contributed by atoms with E-state index in [-0.39, 0.29) is 0 Å². The van der Waals surface area contributed by atoms with Gasteiger partial charge in [-0.1, -0.05) is 40.5 Å². The van der Waals surface area contributed by atoms with Gasteiger partial charge in [0.25, 0.3) is 0 Å². The summed E-state index contributed by atoms with van der Waals surface area (Å²) in [7, 11) is 2.17. The van der Waals surface area contributed by atoms with Gasteiger partial charge in [-0.3, -0.25) is 0 Å². The molecule has 0 saturated carbocycles. The van der Waals surface area contributed by atoms with Crippen molar-refractivity contribution in [2.75, 3.05) is 23.8 Å². The Labute approximate surface area is 108 Å². The number of rotatable bonds is 6. The number of halogens is 1. The van der Waals surface area contributed by atoms with E-state index in [1.54, 1.807) is 0 Å². The van der Waals surface area contributed by atoms with Crippen LogP contribution in [0.25, 0.3) is 0 Å². The highest BCUT2D eigenvalue weighted by Crippen LogP contribution is 2.16. The second-order valence-corrected chi connectivity index (χ2v) is 5.42. The van der Waals surface area contributed by atoms with Crippen molar-refractivity contribution in [3.63, 3.8) is 0 Å². The number of hydrogen-bond donors (Lipinski definition) is 0. The summed E-state index contributed by atoms with van der Waals surface area (Å²) in [4.78, 5) is 2.34. The lowest BCUT2D eigenvalue weighted by atomic mass is 10.1. The van der Waals surface area contributed by atoms with Crippen LogP contribution in [-0.4, -0.2) is 18.9 Å². The molecule has 0 amide bonds. The van der Waals surface area contributed by atoms with Crippen molar-refractivity contribution in [2.45, 2.75) is 26.7 Å². The quantitative estimate of drug-likeness (QED) is 0.706. The normalized spacial score (nSPS) is 12.5. The van der Waals surface area contributed by atoms with Gasteiger partial charge in [-0.2, -0.15) is 0 Å². The van der Waals surface area contributed by atoms with Gasteiger partial charge in [0, 0.05) is 24.6 Å². The van der Waals surface area contributed by atoms with E-state index in [2.05, 4.69) is 66.0 Å². The van der Waals surface area contributed by atoms with Crippen LogP contribution in [0, 0.1) is 12.8 Å². The van der Waals surface area contributed by atoms with Crippen LogP contribution in [0.5, 0.6) is 0 Å². The third-order valence-corrected chi connectivity index (χ3v) is 3.49. The van der Waals surface area contributed by atoms with Crippen molar-refractivity contribution in [2.24, 2.45) is 5.92 Å². The van der Waals surface area contributed by atoms with Gasteiger partial charge < -0.3 is 4.90 Å². The molecule has 0 aromatic heterocycles. The fourth-order valence-corrected chi connectivity index (χ4v) is 2.45. The fraction of sp³-hybridized carbons (Fsp3) is 0.571. The van der Waals surface area contributed by atoms with E-state index in [1.165, 1.54) is 24.1 Å². The number of nitrogens with zero attached hydrogens (tertiary/aromatic N) is 1. The van der Waals surface area contributed by atoms with E-state index in [9.17, 15) is 0 Å². The van der Waals surface area contributed by atoms with Crippen LogP contribution in [0.4, 0.5) is 5.69 Å². The predicted octanol–water partition coefficient (Wildman–Crippen LogP) is 4.24. The highest BCUT2D eigenvalue weighted by molar-refractivity contribution is 9.09. The maximum Gasteiger partial charge on any atom is 0.0363 e. The molecule has 0 radical (unpaired) electrons. The zero-order chi connectivity index (χ0) is 12.0. The minimum Gasteiger partial charge on any atom is -0.375 e. The monoisotopic (exact) mass is 283 g/mol. The molecule has 1 rings (SSSR count). The Kier molecular flexibility index (Phi) is 5.89. The minimum absolute atomic E-state index is 0.798. The Morgan fingerprint density at radius 2 is 1.81 bits per heavy atom. The van der Waals surface area contributed by atoms with Gasteiger partial charge in [-0.25, -0.2) is 0 Å². The molecular formula is C14H22BrN. The van der Waals surface area contributed by atoms with Crippen LogP contribution in [-0.2, 0) is 0 Å². The van der Waals surface area contributed by atoms with Crippen LogP contribution >= 0.6 is 15.9 Å². The Bertz CT molecular complexity index is 294. The maximum absolute atomic E-state index is 3.50. The second kappa shape index (κ2) is 6.95. The van der Waals surface area contributed by atoms with Crippen molar-refractivity contribution >= 4 is 21.6 Å². The van der Waals surface area contributed by atoms with E-state index < -0.39 is 0 Å². The number of alkyl halides is 1. The number of hydrogen-bond acceptors (Lipinski definition) is 1. The first kappa shape index (κ1) is 13.6. The van der Waals surface area contributed by atoms with E-state index in [1.807, 2.05) is 0 Å². The van der Waals surface area contributed by atoms with E-state index in [4.69, 9.17) is 0 Å². The SMILES string of the molecule is Cc1ccc(N(C)CCC(C)CCBr)cc1. The molecule has 0 spiro atoms. The summed E-state index contributed by atoms with van der Waals surface area (Å²) < 4.78 is 0. The van der Waals surface area contributed by atoms with Gasteiger partial charge in [-0.15, -0.1) is 0 Å². The van der Waals surface area contributed by atoms with Gasteiger partial charge >= 0.3 is 0 Å². The van der Waals surface area contributed by atoms with Crippen LogP contribution in [0.3, 0.4) is 0 Å². The lowest BCUT2D eigenvalue weighted by Crippen LogP contribution is -2.20. The number of anilines is 1. The summed E-state index contributed by atoms with van der Waals surface area (Å²) >= 11 is 3.50. The van der Waals surface area contributed by atoms with Crippen LogP contribution in [0.1, 0.15) is 25.3 Å². The molecule has 1 atom stereocenters. The van der Waals surface area contributed by atoms with Crippen molar-refractivity contribution in [1.82, 2.24) is 0 Å². The molecule has 1 aromatic rings. The molecule has 90 valence electrons. The average Bonchev–Trinajstić information content (AvgIpc) is 2.27. The van der Waals surface area contributed by atoms with Gasteiger partial charge in [0.1, 0.15) is 0 Å². The molecule has 1 aromatic carbocycles. The van der Waals surface area contributed by atoms with Crippen molar-refractivity contribution in [3.8, 4) is 0 Å². The Hall–Kier alpha value is -0.500. The lowest BCUT2D eigenvalue weighted by Gasteiger charge is -2.21. The summed E-state index contributed by atoms with van der Waals surface area (Å²) in [6, 6.07) is 8.75. The molecular weight excluding hydrogens is 262 g/mol. The summed E-state index contributed by atoms with van der Waals surface area (Å²) in [6.45, 7) is 5.59. The highest BCUT2D eigenvalue weighted by atomic mass is 79.9. The molecule has 16 heavy (non-hydrogen) atoms. The molecule has 2 heteroatoms. The first-order chi connectivity index (χ1) is 7.63. The van der Waals surface area contributed by atoms with Crippen LogP contribution in [0.15, 0.2) is 24.3 Å². The third-order valence-electron chi connectivity index (χ3n) is 3.03. The van der Waals surface area contributed by atoms with Gasteiger partial charge in [0.15, 0.2) is 0 Å². The summed E-state index contributed by atoms with van der Waals surface area (Å²) in [5, 5.41) is 1.11. The number of benzene rings is 1. The second-order valence-electron chi connectivity index (χ2n) is 4.63. The summed E-state index contributed by atoms with van der Waals surface area (Å²) in [5.74, 6) is 0.798. The molecule has 0 bridgehead atoms. The first-order valence-corrected chi connectivity index (χ1v) is 7.09. The minimum atomic E-state index is 0.798. The Balaban J connectivity index is 2.40. The summed E-state index contributed by atoms with van der Waals surface area (Å²) in [5.41, 5.74) is 2.64. The molecule has 0 saturated heterocycles. The zero-order valence-corrected chi connectivity index (χ0v) is 12.1. The smallest absolute Gasteiger partial charge is 0.0363 e. The summed E-state index contributed by atoms with van der Waals surface area (Å²) in [6.07, 6.45) is 2.53. The number of aryl methyl sites for hydroxylation is 1. The first-order valence-electron chi connectivity index (χ1n) is 5.97. The topological polar surface area (TPSA) is 3.24 Å². The van der Waals surface area contributed by atoms with Crippen molar-refractivity contribution in [3.05, 3.63) is 29.8 Å². The highest BCUT2D eigenvalue weighted by Gasteiger charge is 2.04. The van der Waals surface area contributed by atoms with Crippen molar-refractivity contribution in [1.29, 1.82) is 0 Å². The van der Waals surface area contributed by atoms with Gasteiger partial charge in [0.2, 0.25) is 0 Å². The lowest BCUT2D eigenvalue weighted by molar-refractivity contribution is 0.523. The third kappa shape index (κ3) is 4.56. The van der Waals surface area contributed by atoms with Crippen molar-refractivity contribution < 1.29 is 0 Å². The van der Waals surface area contributed by atoms with Gasteiger partial charge in [0.05, 0.1) is 0 Å². The van der Waals surface area contributed by atoms with E-state index >= 15 is 0 Å². The molecule has 0 fully saturated rings.